The average molecular weight is 482 g/mol. The highest BCUT2D eigenvalue weighted by molar-refractivity contribution is 7.71. The van der Waals surface area contributed by atoms with Gasteiger partial charge in [0.15, 0.2) is 16.3 Å². The lowest BCUT2D eigenvalue weighted by molar-refractivity contribution is 0.0951. The van der Waals surface area contributed by atoms with E-state index in [2.05, 4.69) is 10.3 Å². The molecule has 0 saturated carbocycles. The number of methoxy groups -OCH3 is 2. The summed E-state index contributed by atoms with van der Waals surface area (Å²) in [5.41, 5.74) is 2.02. The van der Waals surface area contributed by atoms with E-state index in [0.29, 0.717) is 45.2 Å². The Hall–Kier alpha value is -3.62. The van der Waals surface area contributed by atoms with Crippen LogP contribution in [0.15, 0.2) is 65.5 Å². The molecule has 1 aromatic heterocycles. The van der Waals surface area contributed by atoms with Crippen molar-refractivity contribution >= 4 is 40.6 Å². The number of aromatic nitrogens is 2. The molecule has 3 aromatic carbocycles. The van der Waals surface area contributed by atoms with Crippen LogP contribution in [-0.4, -0.2) is 29.7 Å². The van der Waals surface area contributed by atoms with Crippen LogP contribution in [0.4, 0.5) is 0 Å². The van der Waals surface area contributed by atoms with Gasteiger partial charge in [0.05, 0.1) is 30.8 Å². The zero-order chi connectivity index (χ0) is 23.5. The number of nitrogens with zero attached hydrogens (tertiary/aromatic N) is 1. The van der Waals surface area contributed by atoms with E-state index in [9.17, 15) is 9.59 Å². The Balaban J connectivity index is 1.66. The molecule has 0 saturated heterocycles. The third kappa shape index (κ3) is 4.62. The quantitative estimate of drug-likeness (QED) is 0.391. The van der Waals surface area contributed by atoms with Gasteiger partial charge >= 0.3 is 0 Å². The third-order valence-electron chi connectivity index (χ3n) is 5.15. The first-order chi connectivity index (χ1) is 15.9. The first-order valence-corrected chi connectivity index (χ1v) is 10.7. The maximum Gasteiger partial charge on any atom is 0.266 e. The molecule has 0 spiro atoms. The van der Waals surface area contributed by atoms with Crippen molar-refractivity contribution in [3.05, 3.63) is 91.9 Å². The highest BCUT2D eigenvalue weighted by atomic mass is 35.5. The fraction of sp³-hybridized carbons (Fsp3) is 0.125. The highest BCUT2D eigenvalue weighted by Gasteiger charge is 2.13. The Morgan fingerprint density at radius 3 is 2.45 bits per heavy atom. The van der Waals surface area contributed by atoms with Crippen LogP contribution in [0.5, 0.6) is 11.5 Å². The molecule has 4 aromatic rings. The molecule has 1 heterocycles. The maximum atomic E-state index is 13.2. The largest absolute Gasteiger partial charge is 0.493 e. The fourth-order valence-corrected chi connectivity index (χ4v) is 3.87. The van der Waals surface area contributed by atoms with E-state index in [1.807, 2.05) is 12.1 Å². The van der Waals surface area contributed by atoms with Gasteiger partial charge in [-0.25, -0.2) is 0 Å². The van der Waals surface area contributed by atoms with Crippen molar-refractivity contribution in [3.8, 4) is 17.2 Å². The normalized spacial score (nSPS) is 10.8. The topological polar surface area (TPSA) is 85.4 Å². The van der Waals surface area contributed by atoms with E-state index in [-0.39, 0.29) is 16.2 Å². The van der Waals surface area contributed by atoms with E-state index in [0.717, 1.165) is 5.56 Å². The minimum atomic E-state index is -0.311. The van der Waals surface area contributed by atoms with Crippen LogP contribution in [0, 0.1) is 4.77 Å². The van der Waals surface area contributed by atoms with Gasteiger partial charge in [0.2, 0.25) is 0 Å². The second-order valence-corrected chi connectivity index (χ2v) is 8.00. The lowest BCUT2D eigenvalue weighted by atomic mass is 10.1. The van der Waals surface area contributed by atoms with Crippen molar-refractivity contribution in [3.63, 3.8) is 0 Å². The number of fused-ring (bicyclic) bond motifs is 1. The molecule has 0 radical (unpaired) electrons. The Bertz CT molecular complexity index is 1460. The van der Waals surface area contributed by atoms with Crippen LogP contribution in [0.1, 0.15) is 15.9 Å². The number of halogens is 1. The number of hydrogen-bond acceptors (Lipinski definition) is 5. The van der Waals surface area contributed by atoms with Crippen LogP contribution in [0.2, 0.25) is 5.02 Å². The van der Waals surface area contributed by atoms with Gasteiger partial charge in [0.25, 0.3) is 11.5 Å². The summed E-state index contributed by atoms with van der Waals surface area (Å²) in [6.45, 7) is 0.352. The van der Waals surface area contributed by atoms with E-state index in [1.165, 1.54) is 18.8 Å². The van der Waals surface area contributed by atoms with Crippen LogP contribution in [0.3, 0.4) is 0 Å². The fourth-order valence-electron chi connectivity index (χ4n) is 3.44. The molecule has 4 rings (SSSR count). The molecule has 0 aliphatic carbocycles. The lowest BCUT2D eigenvalue weighted by Gasteiger charge is -2.12. The molecule has 168 valence electrons. The number of rotatable bonds is 6. The molecule has 0 atom stereocenters. The molecule has 33 heavy (non-hydrogen) atoms. The standard InChI is InChI=1S/C24H20ClN3O4S/c1-31-20-10-8-17(12-21(20)32-2)28-23(30)18-9-5-15(11-19(18)27-24(28)33)22(29)26-13-14-3-6-16(25)7-4-14/h3-12H,13H2,1-2H3,(H,26,29)(H,27,33). The number of hydrogen-bond donors (Lipinski definition) is 2. The number of carbonyl (C=O) groups is 1. The van der Waals surface area contributed by atoms with Gasteiger partial charge in [-0.05, 0) is 60.2 Å². The van der Waals surface area contributed by atoms with Gasteiger partial charge in [-0.2, -0.15) is 0 Å². The molecule has 0 bridgehead atoms. The second-order valence-electron chi connectivity index (χ2n) is 7.18. The summed E-state index contributed by atoms with van der Waals surface area (Å²) >= 11 is 11.3. The molecule has 0 aliphatic rings. The minimum absolute atomic E-state index is 0.193. The number of H-pyrrole nitrogens is 1. The van der Waals surface area contributed by atoms with Crippen molar-refractivity contribution in [2.45, 2.75) is 6.54 Å². The molecule has 0 aliphatic heterocycles. The number of benzene rings is 3. The zero-order valence-electron chi connectivity index (χ0n) is 17.8. The van der Waals surface area contributed by atoms with E-state index in [4.69, 9.17) is 33.3 Å². The first-order valence-electron chi connectivity index (χ1n) is 9.95. The lowest BCUT2D eigenvalue weighted by Crippen LogP contribution is -2.24. The molecular formula is C24H20ClN3O4S. The molecule has 2 N–H and O–H groups in total. The van der Waals surface area contributed by atoms with Gasteiger partial charge in [0, 0.05) is 23.2 Å². The summed E-state index contributed by atoms with van der Waals surface area (Å²) in [7, 11) is 3.06. The zero-order valence-corrected chi connectivity index (χ0v) is 19.4. The number of nitrogens with one attached hydrogen (secondary N) is 2. The van der Waals surface area contributed by atoms with Crippen LogP contribution in [0.25, 0.3) is 16.6 Å². The molecule has 0 fully saturated rings. The number of ether oxygens (including phenoxy) is 2. The second kappa shape index (κ2) is 9.48. The van der Waals surface area contributed by atoms with Crippen LogP contribution in [-0.2, 0) is 6.54 Å². The van der Waals surface area contributed by atoms with Crippen LogP contribution < -0.4 is 20.3 Å². The predicted octanol–water partition coefficient (Wildman–Crippen LogP) is 4.65. The smallest absolute Gasteiger partial charge is 0.266 e. The Morgan fingerprint density at radius 2 is 1.76 bits per heavy atom. The Kier molecular flexibility index (Phi) is 6.48. The maximum absolute atomic E-state index is 13.2. The van der Waals surface area contributed by atoms with Crippen molar-refractivity contribution < 1.29 is 14.3 Å². The number of amides is 1. The van der Waals surface area contributed by atoms with Crippen molar-refractivity contribution in [2.24, 2.45) is 0 Å². The van der Waals surface area contributed by atoms with E-state index < -0.39 is 0 Å². The number of aromatic amines is 1. The van der Waals surface area contributed by atoms with Crippen LogP contribution >= 0.6 is 23.8 Å². The molecule has 7 nitrogen and oxygen atoms in total. The SMILES string of the molecule is COc1ccc(-n2c(=S)[nH]c3cc(C(=O)NCc4ccc(Cl)cc4)ccc3c2=O)cc1OC. The summed E-state index contributed by atoms with van der Waals surface area (Å²) in [5, 5.41) is 3.89. The first kappa shape index (κ1) is 22.6. The van der Waals surface area contributed by atoms with Gasteiger partial charge in [-0.3, -0.25) is 14.2 Å². The van der Waals surface area contributed by atoms with Gasteiger partial charge in [0.1, 0.15) is 0 Å². The highest BCUT2D eigenvalue weighted by Crippen LogP contribution is 2.29. The minimum Gasteiger partial charge on any atom is -0.493 e. The third-order valence-corrected chi connectivity index (χ3v) is 5.69. The number of carbonyl (C=O) groups excluding carboxylic acids is 1. The van der Waals surface area contributed by atoms with Crippen molar-refractivity contribution in [2.75, 3.05) is 14.2 Å². The Morgan fingerprint density at radius 1 is 1.03 bits per heavy atom. The predicted molar refractivity (Wildman–Crippen MR) is 130 cm³/mol. The summed E-state index contributed by atoms with van der Waals surface area (Å²) in [5.74, 6) is 0.749. The summed E-state index contributed by atoms with van der Waals surface area (Å²) < 4.78 is 12.2. The molecule has 1 amide bonds. The molecule has 0 unspecified atom stereocenters. The average Bonchev–Trinajstić information content (AvgIpc) is 2.83. The van der Waals surface area contributed by atoms with Gasteiger partial charge in [-0.15, -0.1) is 0 Å². The Labute approximate surface area is 199 Å². The molecular weight excluding hydrogens is 462 g/mol. The summed E-state index contributed by atoms with van der Waals surface area (Å²) in [4.78, 5) is 28.9. The van der Waals surface area contributed by atoms with Gasteiger partial charge < -0.3 is 19.8 Å². The summed E-state index contributed by atoms with van der Waals surface area (Å²) in [6.07, 6.45) is 0. The van der Waals surface area contributed by atoms with Crippen molar-refractivity contribution in [1.29, 1.82) is 0 Å². The molecule has 9 heteroatoms. The van der Waals surface area contributed by atoms with E-state index >= 15 is 0 Å². The monoisotopic (exact) mass is 481 g/mol. The van der Waals surface area contributed by atoms with E-state index in [1.54, 1.807) is 48.5 Å². The van der Waals surface area contributed by atoms with Gasteiger partial charge in [-0.1, -0.05) is 23.7 Å². The van der Waals surface area contributed by atoms with Crippen molar-refractivity contribution in [1.82, 2.24) is 14.9 Å². The summed E-state index contributed by atoms with van der Waals surface area (Å²) in [6, 6.07) is 17.1.